The van der Waals surface area contributed by atoms with E-state index >= 15 is 0 Å². The molecule has 174 valence electrons. The number of amides is 1. The molecule has 4 aromatic carbocycles. The van der Waals surface area contributed by atoms with Gasteiger partial charge in [0.2, 0.25) is 0 Å². The number of fused-ring (bicyclic) bond motifs is 1. The van der Waals surface area contributed by atoms with Gasteiger partial charge in [-0.25, -0.2) is 0 Å². The molecule has 1 saturated heterocycles. The Labute approximate surface area is 227 Å². The molecule has 0 aliphatic carbocycles. The third kappa shape index (κ3) is 5.07. The number of hydrogen-bond acceptors (Lipinski definition) is 5. The van der Waals surface area contributed by atoms with E-state index in [1.807, 2.05) is 91.0 Å². The second-order valence-electron chi connectivity index (χ2n) is 7.84. The molecular weight excluding hydrogens is 589 g/mol. The second kappa shape index (κ2) is 10.4. The van der Waals surface area contributed by atoms with Gasteiger partial charge in [-0.05, 0) is 75.5 Å². The Kier molecular flexibility index (Phi) is 7.08. The van der Waals surface area contributed by atoms with Crippen molar-refractivity contribution in [2.24, 2.45) is 0 Å². The number of thiocarbonyl (C=S) groups is 1. The molecule has 4 aromatic rings. The maximum absolute atomic E-state index is 13.4. The van der Waals surface area contributed by atoms with Gasteiger partial charge in [-0.2, -0.15) is 0 Å². The van der Waals surface area contributed by atoms with Crippen LogP contribution in [0.15, 0.2) is 89.8 Å². The molecule has 0 radical (unpaired) electrons. The topological polar surface area (TPSA) is 38.8 Å². The maximum Gasteiger partial charge on any atom is 0.270 e. The number of ether oxygens (including phenoxy) is 2. The predicted molar refractivity (Wildman–Crippen MR) is 156 cm³/mol. The highest BCUT2D eigenvalue weighted by Crippen LogP contribution is 2.39. The molecule has 0 saturated carbocycles. The third-order valence-electron chi connectivity index (χ3n) is 5.59. The summed E-state index contributed by atoms with van der Waals surface area (Å²) in [4.78, 5) is 15.5. The molecule has 4 nitrogen and oxygen atoms in total. The van der Waals surface area contributed by atoms with Crippen LogP contribution in [0.2, 0.25) is 0 Å². The lowest BCUT2D eigenvalue weighted by atomic mass is 10.1. The van der Waals surface area contributed by atoms with Gasteiger partial charge in [0.1, 0.15) is 6.61 Å². The van der Waals surface area contributed by atoms with Gasteiger partial charge < -0.3 is 9.47 Å². The number of nitrogens with zero attached hydrogens (tertiary/aromatic N) is 1. The van der Waals surface area contributed by atoms with Gasteiger partial charge >= 0.3 is 0 Å². The Balaban J connectivity index is 1.38. The van der Waals surface area contributed by atoms with E-state index < -0.39 is 0 Å². The molecule has 0 bridgehead atoms. The predicted octanol–water partition coefficient (Wildman–Crippen LogP) is 7.44. The van der Waals surface area contributed by atoms with E-state index in [1.165, 1.54) is 15.3 Å². The van der Waals surface area contributed by atoms with E-state index in [2.05, 4.69) is 22.6 Å². The summed E-state index contributed by atoms with van der Waals surface area (Å²) in [6, 6.07) is 27.7. The van der Waals surface area contributed by atoms with E-state index in [4.69, 9.17) is 21.7 Å². The van der Waals surface area contributed by atoms with Crippen molar-refractivity contribution in [1.29, 1.82) is 0 Å². The largest absolute Gasteiger partial charge is 0.493 e. The van der Waals surface area contributed by atoms with Crippen LogP contribution in [0.3, 0.4) is 0 Å². The molecule has 0 N–H and O–H groups in total. The average Bonchev–Trinajstić information content (AvgIpc) is 3.15. The first-order chi connectivity index (χ1) is 17.0. The molecule has 5 rings (SSSR count). The first-order valence-corrected chi connectivity index (χ1v) is 13.1. The highest BCUT2D eigenvalue weighted by atomic mass is 127. The minimum absolute atomic E-state index is 0.130. The van der Waals surface area contributed by atoms with Crippen LogP contribution < -0.4 is 14.4 Å². The van der Waals surface area contributed by atoms with Crippen LogP contribution in [0.1, 0.15) is 11.1 Å². The Bertz CT molecular complexity index is 1460. The summed E-state index contributed by atoms with van der Waals surface area (Å²) in [7, 11) is 1.61. The van der Waals surface area contributed by atoms with Crippen LogP contribution in [-0.2, 0) is 11.4 Å². The van der Waals surface area contributed by atoms with Gasteiger partial charge in [-0.1, -0.05) is 78.6 Å². The van der Waals surface area contributed by atoms with Crippen LogP contribution >= 0.6 is 46.6 Å². The van der Waals surface area contributed by atoms with Gasteiger partial charge in [0.25, 0.3) is 5.91 Å². The fourth-order valence-corrected chi connectivity index (χ4v) is 5.51. The zero-order valence-corrected chi connectivity index (χ0v) is 22.5. The summed E-state index contributed by atoms with van der Waals surface area (Å²) in [5.74, 6) is 1.12. The number of carbonyl (C=O) groups excluding carboxylic acids is 1. The van der Waals surface area contributed by atoms with Crippen LogP contribution in [0.5, 0.6) is 11.5 Å². The Hall–Kier alpha value is -2.88. The highest BCUT2D eigenvalue weighted by molar-refractivity contribution is 14.1. The SMILES string of the molecule is COc1cc(/C=C2/SC(=S)N(c3cccc4ccccc34)C2=O)ccc1OCc1ccc(I)cc1. The third-order valence-corrected chi connectivity index (χ3v) is 7.62. The first-order valence-electron chi connectivity index (χ1n) is 10.8. The number of carbonyl (C=O) groups is 1. The number of anilines is 1. The lowest BCUT2D eigenvalue weighted by molar-refractivity contribution is -0.113. The number of methoxy groups -OCH3 is 1. The number of benzene rings is 4. The summed E-state index contributed by atoms with van der Waals surface area (Å²) in [5.41, 5.74) is 2.71. The molecule has 1 fully saturated rings. The summed E-state index contributed by atoms with van der Waals surface area (Å²) < 4.78 is 13.2. The number of halogens is 1. The van der Waals surface area contributed by atoms with Crippen molar-refractivity contribution in [2.45, 2.75) is 6.61 Å². The molecule has 0 unspecified atom stereocenters. The minimum atomic E-state index is -0.130. The average molecular weight is 610 g/mol. The lowest BCUT2D eigenvalue weighted by Crippen LogP contribution is -2.27. The van der Waals surface area contributed by atoms with Gasteiger partial charge in [0, 0.05) is 8.96 Å². The summed E-state index contributed by atoms with van der Waals surface area (Å²) in [5, 5.41) is 2.05. The summed E-state index contributed by atoms with van der Waals surface area (Å²) in [6.45, 7) is 0.441. The normalized spacial score (nSPS) is 14.7. The molecule has 35 heavy (non-hydrogen) atoms. The Morgan fingerprint density at radius 1 is 0.971 bits per heavy atom. The van der Waals surface area contributed by atoms with Crippen LogP contribution in [-0.4, -0.2) is 17.3 Å². The molecule has 7 heteroatoms. The van der Waals surface area contributed by atoms with Crippen molar-refractivity contribution in [3.8, 4) is 11.5 Å². The molecule has 0 aromatic heterocycles. The quantitative estimate of drug-likeness (QED) is 0.129. The fourth-order valence-electron chi connectivity index (χ4n) is 3.87. The smallest absolute Gasteiger partial charge is 0.270 e. The van der Waals surface area contributed by atoms with Gasteiger partial charge in [0.05, 0.1) is 17.7 Å². The Morgan fingerprint density at radius 3 is 2.54 bits per heavy atom. The summed E-state index contributed by atoms with van der Waals surface area (Å²) in [6.07, 6.45) is 1.84. The molecular formula is C28H20INO3S2. The molecule has 1 aliphatic rings. The monoisotopic (exact) mass is 609 g/mol. The van der Waals surface area contributed by atoms with Crippen LogP contribution in [0, 0.1) is 3.57 Å². The molecule has 1 amide bonds. The van der Waals surface area contributed by atoms with Crippen molar-refractivity contribution in [1.82, 2.24) is 0 Å². The van der Waals surface area contributed by atoms with Crippen molar-refractivity contribution >= 4 is 79.3 Å². The second-order valence-corrected chi connectivity index (χ2v) is 10.8. The molecule has 1 heterocycles. The molecule has 1 aliphatic heterocycles. The van der Waals surface area contributed by atoms with Gasteiger partial charge in [0.15, 0.2) is 15.8 Å². The number of thioether (sulfide) groups is 1. The zero-order valence-electron chi connectivity index (χ0n) is 18.7. The van der Waals surface area contributed by atoms with Crippen molar-refractivity contribution in [2.75, 3.05) is 12.0 Å². The van der Waals surface area contributed by atoms with E-state index in [9.17, 15) is 4.79 Å². The van der Waals surface area contributed by atoms with Crippen LogP contribution in [0.4, 0.5) is 5.69 Å². The van der Waals surface area contributed by atoms with E-state index in [0.717, 1.165) is 27.6 Å². The summed E-state index contributed by atoms with van der Waals surface area (Å²) >= 11 is 9.18. The van der Waals surface area contributed by atoms with Gasteiger partial charge in [-0.3, -0.25) is 9.69 Å². The van der Waals surface area contributed by atoms with Crippen molar-refractivity contribution in [3.63, 3.8) is 0 Å². The highest BCUT2D eigenvalue weighted by Gasteiger charge is 2.34. The van der Waals surface area contributed by atoms with Crippen molar-refractivity contribution < 1.29 is 14.3 Å². The zero-order chi connectivity index (χ0) is 24.4. The van der Waals surface area contributed by atoms with Crippen molar-refractivity contribution in [3.05, 3.63) is 105 Å². The molecule has 0 atom stereocenters. The Morgan fingerprint density at radius 2 is 1.74 bits per heavy atom. The minimum Gasteiger partial charge on any atom is -0.493 e. The standard InChI is InChI=1S/C28H20INO3S2/c1-32-25-15-19(11-14-24(25)33-17-18-9-12-21(29)13-10-18)16-26-27(31)30(28(34)35-26)23-8-4-6-20-5-2-3-7-22(20)23/h2-16H,17H2,1H3/b26-16+. The number of rotatable bonds is 6. The van der Waals surface area contributed by atoms with E-state index in [-0.39, 0.29) is 5.91 Å². The van der Waals surface area contributed by atoms with E-state index in [0.29, 0.717) is 27.3 Å². The molecule has 0 spiro atoms. The van der Waals surface area contributed by atoms with E-state index in [1.54, 1.807) is 12.0 Å². The first kappa shape index (κ1) is 23.8. The lowest BCUT2D eigenvalue weighted by Gasteiger charge is -2.17. The van der Waals surface area contributed by atoms with Gasteiger partial charge in [-0.15, -0.1) is 0 Å². The van der Waals surface area contributed by atoms with Crippen LogP contribution in [0.25, 0.3) is 16.8 Å². The number of hydrogen-bond donors (Lipinski definition) is 0. The maximum atomic E-state index is 13.4. The fraction of sp³-hybridized carbons (Fsp3) is 0.0714.